The summed E-state index contributed by atoms with van der Waals surface area (Å²) in [6, 6.07) is 0.885. The Kier molecular flexibility index (Phi) is 4.52. The second-order valence-corrected chi connectivity index (χ2v) is 6.46. The summed E-state index contributed by atoms with van der Waals surface area (Å²) in [7, 11) is 0. The molecule has 2 aliphatic heterocycles. The minimum atomic E-state index is 0.126. The first-order valence-corrected chi connectivity index (χ1v) is 8.67. The molecule has 0 saturated carbocycles. The molecule has 5 heteroatoms. The molecule has 22 heavy (non-hydrogen) atoms. The number of rotatable bonds is 4. The number of nitrogens with zero attached hydrogens (tertiary/aromatic N) is 3. The van der Waals surface area contributed by atoms with E-state index in [1.165, 1.54) is 19.4 Å². The first-order chi connectivity index (χ1) is 10.7. The Morgan fingerprint density at radius 3 is 2.68 bits per heavy atom. The molecule has 5 nitrogen and oxygen atoms in total. The molecule has 2 aliphatic rings. The molecular formula is C17H27N3O2. The standard InChI is InChI=1S/C17H27N3O2/c1-4-13-16(12(3)22-18-13)17(21)20-11-7-9-15(20)14-8-6-10-19(14)5-2/h14-15H,4-11H2,1-3H3/t14-,15-/m0/s1. The van der Waals surface area contributed by atoms with Crippen molar-refractivity contribution < 1.29 is 9.32 Å². The van der Waals surface area contributed by atoms with E-state index in [4.69, 9.17) is 4.52 Å². The minimum Gasteiger partial charge on any atom is -0.361 e. The molecule has 0 bridgehead atoms. The smallest absolute Gasteiger partial charge is 0.259 e. The predicted molar refractivity (Wildman–Crippen MR) is 84.9 cm³/mol. The van der Waals surface area contributed by atoms with Crippen LogP contribution >= 0.6 is 0 Å². The van der Waals surface area contributed by atoms with E-state index in [0.29, 0.717) is 23.4 Å². The van der Waals surface area contributed by atoms with Crippen molar-refractivity contribution in [2.45, 2.75) is 65.0 Å². The van der Waals surface area contributed by atoms with Gasteiger partial charge in [0.2, 0.25) is 0 Å². The Hall–Kier alpha value is -1.36. The molecule has 1 aromatic heterocycles. The molecule has 2 fully saturated rings. The molecule has 1 aromatic rings. The van der Waals surface area contributed by atoms with E-state index >= 15 is 0 Å². The highest BCUT2D eigenvalue weighted by Gasteiger charge is 2.40. The van der Waals surface area contributed by atoms with Crippen LogP contribution in [0.25, 0.3) is 0 Å². The lowest BCUT2D eigenvalue weighted by Crippen LogP contribution is -2.48. The van der Waals surface area contributed by atoms with Gasteiger partial charge in [0, 0.05) is 18.6 Å². The highest BCUT2D eigenvalue weighted by atomic mass is 16.5. The molecule has 0 radical (unpaired) electrons. The number of likely N-dealkylation sites (tertiary alicyclic amines) is 2. The summed E-state index contributed by atoms with van der Waals surface area (Å²) in [5, 5.41) is 4.05. The largest absolute Gasteiger partial charge is 0.361 e. The number of hydrogen-bond donors (Lipinski definition) is 0. The Bertz CT molecular complexity index is 540. The average molecular weight is 305 g/mol. The number of aryl methyl sites for hydroxylation is 2. The van der Waals surface area contributed by atoms with Gasteiger partial charge in [0.25, 0.3) is 5.91 Å². The average Bonchev–Trinajstić information content (AvgIpc) is 3.24. The molecule has 2 atom stereocenters. The molecule has 0 aliphatic carbocycles. The third-order valence-corrected chi connectivity index (χ3v) is 5.31. The Balaban J connectivity index is 1.83. The molecule has 0 spiro atoms. The van der Waals surface area contributed by atoms with Crippen LogP contribution in [0.5, 0.6) is 0 Å². The molecular weight excluding hydrogens is 278 g/mol. The molecule has 122 valence electrons. The fourth-order valence-corrected chi connectivity index (χ4v) is 4.20. The SMILES string of the molecule is CCc1noc(C)c1C(=O)N1CCC[C@H]1[C@@H]1CCCN1CC. The van der Waals surface area contributed by atoms with Gasteiger partial charge in [-0.15, -0.1) is 0 Å². The van der Waals surface area contributed by atoms with Crippen molar-refractivity contribution in [2.24, 2.45) is 0 Å². The van der Waals surface area contributed by atoms with Crippen LogP contribution in [0.15, 0.2) is 4.52 Å². The molecule has 0 N–H and O–H groups in total. The lowest BCUT2D eigenvalue weighted by atomic mass is 10.0. The van der Waals surface area contributed by atoms with Gasteiger partial charge in [-0.1, -0.05) is 19.0 Å². The van der Waals surface area contributed by atoms with Crippen molar-refractivity contribution in [3.05, 3.63) is 17.0 Å². The molecule has 3 rings (SSSR count). The van der Waals surface area contributed by atoms with Crippen molar-refractivity contribution in [3.8, 4) is 0 Å². The van der Waals surface area contributed by atoms with Gasteiger partial charge in [-0.05, 0) is 52.1 Å². The van der Waals surface area contributed by atoms with Crippen molar-refractivity contribution in [3.63, 3.8) is 0 Å². The summed E-state index contributed by atoms with van der Waals surface area (Å²) in [4.78, 5) is 17.7. The summed E-state index contributed by atoms with van der Waals surface area (Å²) < 4.78 is 5.26. The molecule has 0 unspecified atom stereocenters. The van der Waals surface area contributed by atoms with Gasteiger partial charge in [0.05, 0.1) is 5.69 Å². The van der Waals surface area contributed by atoms with E-state index in [9.17, 15) is 4.79 Å². The fourth-order valence-electron chi connectivity index (χ4n) is 4.20. The van der Waals surface area contributed by atoms with Gasteiger partial charge in [0.15, 0.2) is 0 Å². The van der Waals surface area contributed by atoms with E-state index < -0.39 is 0 Å². The van der Waals surface area contributed by atoms with Crippen LogP contribution in [0, 0.1) is 6.92 Å². The first-order valence-electron chi connectivity index (χ1n) is 8.67. The van der Waals surface area contributed by atoms with Gasteiger partial charge >= 0.3 is 0 Å². The second-order valence-electron chi connectivity index (χ2n) is 6.46. The summed E-state index contributed by atoms with van der Waals surface area (Å²) in [6.45, 7) is 9.20. The Morgan fingerprint density at radius 2 is 1.95 bits per heavy atom. The van der Waals surface area contributed by atoms with Gasteiger partial charge in [0.1, 0.15) is 11.3 Å². The summed E-state index contributed by atoms with van der Waals surface area (Å²) in [5.74, 6) is 0.785. The van der Waals surface area contributed by atoms with E-state index in [-0.39, 0.29) is 5.91 Å². The predicted octanol–water partition coefficient (Wildman–Crippen LogP) is 2.63. The number of aromatic nitrogens is 1. The van der Waals surface area contributed by atoms with Crippen LogP contribution in [0.1, 0.15) is 61.3 Å². The zero-order chi connectivity index (χ0) is 15.7. The number of amides is 1. The maximum atomic E-state index is 13.1. The lowest BCUT2D eigenvalue weighted by molar-refractivity contribution is 0.0647. The third-order valence-electron chi connectivity index (χ3n) is 5.31. The first kappa shape index (κ1) is 15.5. The van der Waals surface area contributed by atoms with Crippen LogP contribution in [-0.4, -0.2) is 52.6 Å². The highest BCUT2D eigenvalue weighted by Crippen LogP contribution is 2.31. The second kappa shape index (κ2) is 6.41. The van der Waals surface area contributed by atoms with Gasteiger partial charge in [-0.2, -0.15) is 0 Å². The van der Waals surface area contributed by atoms with E-state index in [1.54, 1.807) is 0 Å². The Labute approximate surface area is 132 Å². The molecule has 2 saturated heterocycles. The van der Waals surface area contributed by atoms with Gasteiger partial charge in [-0.25, -0.2) is 0 Å². The van der Waals surface area contributed by atoms with Crippen LogP contribution in [0.4, 0.5) is 0 Å². The number of carbonyl (C=O) groups is 1. The zero-order valence-corrected chi connectivity index (χ0v) is 14.0. The van der Waals surface area contributed by atoms with E-state index in [1.807, 2.05) is 13.8 Å². The monoisotopic (exact) mass is 305 g/mol. The van der Waals surface area contributed by atoms with E-state index in [2.05, 4.69) is 21.9 Å². The van der Waals surface area contributed by atoms with Crippen molar-refractivity contribution in [1.82, 2.24) is 15.0 Å². The summed E-state index contributed by atoms with van der Waals surface area (Å²) in [5.41, 5.74) is 1.50. The number of hydrogen-bond acceptors (Lipinski definition) is 4. The van der Waals surface area contributed by atoms with Crippen LogP contribution < -0.4 is 0 Å². The molecule has 1 amide bonds. The normalized spacial score (nSPS) is 26.0. The van der Waals surface area contributed by atoms with Gasteiger partial charge in [-0.3, -0.25) is 9.69 Å². The van der Waals surface area contributed by atoms with Crippen molar-refractivity contribution in [1.29, 1.82) is 0 Å². The van der Waals surface area contributed by atoms with Crippen LogP contribution in [-0.2, 0) is 6.42 Å². The summed E-state index contributed by atoms with van der Waals surface area (Å²) in [6.07, 6.45) is 5.44. The number of carbonyl (C=O) groups excluding carboxylic acids is 1. The molecule has 0 aromatic carbocycles. The highest BCUT2D eigenvalue weighted by molar-refractivity contribution is 5.96. The molecule has 3 heterocycles. The Morgan fingerprint density at radius 1 is 1.23 bits per heavy atom. The van der Waals surface area contributed by atoms with Gasteiger partial charge < -0.3 is 9.42 Å². The van der Waals surface area contributed by atoms with Crippen molar-refractivity contribution in [2.75, 3.05) is 19.6 Å². The van der Waals surface area contributed by atoms with Crippen molar-refractivity contribution >= 4 is 5.91 Å². The fraction of sp³-hybridized carbons (Fsp3) is 0.765. The summed E-state index contributed by atoms with van der Waals surface area (Å²) >= 11 is 0. The minimum absolute atomic E-state index is 0.126. The topological polar surface area (TPSA) is 49.6 Å². The third kappa shape index (κ3) is 2.56. The lowest BCUT2D eigenvalue weighted by Gasteiger charge is -2.34. The maximum absolute atomic E-state index is 13.1. The number of likely N-dealkylation sites (N-methyl/N-ethyl adjacent to an activating group) is 1. The van der Waals surface area contributed by atoms with Crippen LogP contribution in [0.3, 0.4) is 0 Å². The maximum Gasteiger partial charge on any atom is 0.259 e. The van der Waals surface area contributed by atoms with Crippen LogP contribution in [0.2, 0.25) is 0 Å². The zero-order valence-electron chi connectivity index (χ0n) is 14.0. The van der Waals surface area contributed by atoms with E-state index in [0.717, 1.165) is 38.0 Å². The quantitative estimate of drug-likeness (QED) is 0.858.